The van der Waals surface area contributed by atoms with Gasteiger partial charge in [-0.25, -0.2) is 4.39 Å². The van der Waals surface area contributed by atoms with E-state index >= 15 is 0 Å². The molecular formula is C22H17FN2O3. The van der Waals surface area contributed by atoms with Crippen LogP contribution in [-0.2, 0) is 11.3 Å². The van der Waals surface area contributed by atoms with E-state index in [1.807, 2.05) is 6.07 Å². The Morgan fingerprint density at radius 2 is 1.71 bits per heavy atom. The molecule has 0 unspecified atom stereocenters. The van der Waals surface area contributed by atoms with Gasteiger partial charge in [-0.05, 0) is 42.5 Å². The van der Waals surface area contributed by atoms with Crippen LogP contribution in [0.1, 0.15) is 0 Å². The highest BCUT2D eigenvalue weighted by atomic mass is 19.1. The number of rotatable bonds is 4. The molecule has 0 saturated heterocycles. The molecule has 4 aromatic rings. The summed E-state index contributed by atoms with van der Waals surface area (Å²) in [5.41, 5.74) is 1.22. The number of benzene rings is 3. The van der Waals surface area contributed by atoms with E-state index < -0.39 is 11.7 Å². The minimum atomic E-state index is -0.504. The lowest BCUT2D eigenvalue weighted by atomic mass is 10.1. The highest BCUT2D eigenvalue weighted by Gasteiger charge is 2.14. The fraction of sp³-hybridized carbons (Fsp3) is 0.0909. The Kier molecular flexibility index (Phi) is 4.53. The van der Waals surface area contributed by atoms with Crippen LogP contribution in [-0.4, -0.2) is 17.6 Å². The normalized spacial score (nSPS) is 10.9. The molecule has 1 N–H and O–H groups in total. The molecule has 0 aliphatic carbocycles. The van der Waals surface area contributed by atoms with Crippen molar-refractivity contribution in [2.45, 2.75) is 6.54 Å². The summed E-state index contributed by atoms with van der Waals surface area (Å²) < 4.78 is 20.8. The highest BCUT2D eigenvalue weighted by Crippen LogP contribution is 2.23. The van der Waals surface area contributed by atoms with Gasteiger partial charge in [0.05, 0.1) is 23.8 Å². The molecule has 1 heterocycles. The van der Waals surface area contributed by atoms with E-state index in [0.717, 1.165) is 0 Å². The van der Waals surface area contributed by atoms with Gasteiger partial charge in [-0.3, -0.25) is 9.59 Å². The predicted octanol–water partition coefficient (Wildman–Crippen LogP) is 3.94. The van der Waals surface area contributed by atoms with Crippen LogP contribution in [0.2, 0.25) is 0 Å². The molecule has 5 nitrogen and oxygen atoms in total. The summed E-state index contributed by atoms with van der Waals surface area (Å²) in [4.78, 5) is 25.5. The monoisotopic (exact) mass is 376 g/mol. The van der Waals surface area contributed by atoms with Crippen molar-refractivity contribution in [2.75, 3.05) is 12.4 Å². The summed E-state index contributed by atoms with van der Waals surface area (Å²) in [5.74, 6) is -0.339. The maximum Gasteiger partial charge on any atom is 0.244 e. The van der Waals surface area contributed by atoms with Crippen LogP contribution in [0.25, 0.3) is 21.8 Å². The van der Waals surface area contributed by atoms with Gasteiger partial charge in [0.15, 0.2) is 5.43 Å². The van der Waals surface area contributed by atoms with Crippen LogP contribution in [0.15, 0.2) is 71.5 Å². The van der Waals surface area contributed by atoms with Crippen molar-refractivity contribution < 1.29 is 13.9 Å². The molecule has 0 bridgehead atoms. The maximum absolute atomic E-state index is 13.9. The predicted molar refractivity (Wildman–Crippen MR) is 107 cm³/mol. The zero-order valence-corrected chi connectivity index (χ0v) is 15.1. The topological polar surface area (TPSA) is 60.3 Å². The molecule has 0 atom stereocenters. The Balaban J connectivity index is 1.85. The first-order valence-corrected chi connectivity index (χ1v) is 8.72. The van der Waals surface area contributed by atoms with Gasteiger partial charge in [0.2, 0.25) is 5.91 Å². The number of methoxy groups -OCH3 is 1. The third-order valence-corrected chi connectivity index (χ3v) is 4.63. The maximum atomic E-state index is 13.9. The number of nitrogens with zero attached hydrogens (tertiary/aromatic N) is 1. The Bertz CT molecular complexity index is 1260. The molecular weight excluding hydrogens is 359 g/mol. The molecule has 1 amide bonds. The van der Waals surface area contributed by atoms with Crippen LogP contribution < -0.4 is 15.5 Å². The summed E-state index contributed by atoms with van der Waals surface area (Å²) in [6.45, 7) is -0.0715. The van der Waals surface area contributed by atoms with Crippen molar-refractivity contribution in [3.63, 3.8) is 0 Å². The number of pyridine rings is 1. The summed E-state index contributed by atoms with van der Waals surface area (Å²) in [5, 5.41) is 3.54. The third kappa shape index (κ3) is 3.09. The quantitative estimate of drug-likeness (QED) is 0.549. The number of aromatic nitrogens is 1. The number of para-hydroxylation sites is 2. The number of hydrogen-bond donors (Lipinski definition) is 1. The molecule has 3 aromatic carbocycles. The summed E-state index contributed by atoms with van der Waals surface area (Å²) >= 11 is 0. The Morgan fingerprint density at radius 1 is 1.00 bits per heavy atom. The number of ether oxygens (including phenoxy) is 1. The molecule has 0 radical (unpaired) electrons. The van der Waals surface area contributed by atoms with Crippen LogP contribution in [0, 0.1) is 5.82 Å². The van der Waals surface area contributed by atoms with E-state index in [1.165, 1.54) is 19.2 Å². The number of hydrogen-bond acceptors (Lipinski definition) is 3. The minimum Gasteiger partial charge on any atom is -0.497 e. The molecule has 6 heteroatoms. The first-order chi connectivity index (χ1) is 13.6. The van der Waals surface area contributed by atoms with E-state index in [1.54, 1.807) is 53.1 Å². The number of anilines is 1. The van der Waals surface area contributed by atoms with Crippen molar-refractivity contribution in [2.24, 2.45) is 0 Å². The van der Waals surface area contributed by atoms with Gasteiger partial charge >= 0.3 is 0 Å². The molecule has 0 aliphatic heterocycles. The van der Waals surface area contributed by atoms with Crippen LogP contribution >= 0.6 is 0 Å². The zero-order valence-electron chi connectivity index (χ0n) is 15.1. The van der Waals surface area contributed by atoms with Gasteiger partial charge in [-0.1, -0.05) is 24.3 Å². The summed E-state index contributed by atoms with van der Waals surface area (Å²) in [6.07, 6.45) is 0. The van der Waals surface area contributed by atoms with Crippen LogP contribution in [0.5, 0.6) is 5.75 Å². The van der Waals surface area contributed by atoms with E-state index in [-0.39, 0.29) is 17.7 Å². The lowest BCUT2D eigenvalue weighted by molar-refractivity contribution is -0.116. The fourth-order valence-electron chi connectivity index (χ4n) is 3.30. The average Bonchev–Trinajstić information content (AvgIpc) is 2.72. The van der Waals surface area contributed by atoms with Crippen molar-refractivity contribution in [1.29, 1.82) is 0 Å². The van der Waals surface area contributed by atoms with E-state index in [9.17, 15) is 14.0 Å². The number of carbonyl (C=O) groups is 1. The van der Waals surface area contributed by atoms with Gasteiger partial charge in [0.1, 0.15) is 18.1 Å². The van der Waals surface area contributed by atoms with Gasteiger partial charge < -0.3 is 14.6 Å². The molecule has 0 saturated carbocycles. The van der Waals surface area contributed by atoms with Gasteiger partial charge in [0.25, 0.3) is 0 Å². The second-order valence-electron chi connectivity index (χ2n) is 6.34. The van der Waals surface area contributed by atoms with Gasteiger partial charge in [-0.2, -0.15) is 0 Å². The van der Waals surface area contributed by atoms with E-state index in [0.29, 0.717) is 27.6 Å². The number of carbonyl (C=O) groups excluding carboxylic acids is 1. The Hall–Kier alpha value is -3.67. The molecule has 0 fully saturated rings. The largest absolute Gasteiger partial charge is 0.497 e. The average molecular weight is 376 g/mol. The fourth-order valence-corrected chi connectivity index (χ4v) is 3.30. The van der Waals surface area contributed by atoms with Crippen LogP contribution in [0.4, 0.5) is 10.1 Å². The van der Waals surface area contributed by atoms with Crippen molar-refractivity contribution in [3.05, 3.63) is 82.8 Å². The van der Waals surface area contributed by atoms with Gasteiger partial charge in [-0.15, -0.1) is 0 Å². The molecule has 0 aliphatic rings. The zero-order chi connectivity index (χ0) is 19.7. The van der Waals surface area contributed by atoms with Crippen molar-refractivity contribution in [3.8, 4) is 5.75 Å². The molecule has 0 spiro atoms. The first-order valence-electron chi connectivity index (χ1n) is 8.72. The Labute approximate surface area is 160 Å². The highest BCUT2D eigenvalue weighted by molar-refractivity contribution is 5.97. The van der Waals surface area contributed by atoms with Crippen molar-refractivity contribution in [1.82, 2.24) is 4.57 Å². The smallest absolute Gasteiger partial charge is 0.244 e. The van der Waals surface area contributed by atoms with Gasteiger partial charge in [0, 0.05) is 10.8 Å². The Morgan fingerprint density at radius 3 is 2.50 bits per heavy atom. The molecule has 28 heavy (non-hydrogen) atoms. The van der Waals surface area contributed by atoms with Crippen LogP contribution in [0.3, 0.4) is 0 Å². The molecule has 1 aromatic heterocycles. The number of halogens is 1. The summed E-state index contributed by atoms with van der Waals surface area (Å²) in [7, 11) is 1.53. The lowest BCUT2D eigenvalue weighted by Gasteiger charge is -2.16. The number of fused-ring (bicyclic) bond motifs is 2. The standard InChI is InChI=1S/C22H17FN2O3/c1-28-14-10-11-20-16(12-14)22(27)15-6-2-5-9-19(15)25(20)13-21(26)24-18-8-4-3-7-17(18)23/h2-12H,13H2,1H3,(H,24,26). The summed E-state index contributed by atoms with van der Waals surface area (Å²) in [6, 6.07) is 18.2. The minimum absolute atomic E-state index is 0.0715. The molecule has 140 valence electrons. The van der Waals surface area contributed by atoms with Crippen molar-refractivity contribution >= 4 is 33.4 Å². The number of nitrogens with one attached hydrogen (secondary N) is 1. The lowest BCUT2D eigenvalue weighted by Crippen LogP contribution is -2.22. The second kappa shape index (κ2) is 7.15. The van der Waals surface area contributed by atoms with E-state index in [4.69, 9.17) is 4.74 Å². The number of amides is 1. The second-order valence-corrected chi connectivity index (χ2v) is 6.34. The SMILES string of the molecule is COc1ccc2c(c1)c(=O)c1ccccc1n2CC(=O)Nc1ccccc1F. The van der Waals surface area contributed by atoms with E-state index in [2.05, 4.69) is 5.32 Å². The molecule has 4 rings (SSSR count). The first kappa shape index (κ1) is 17.7. The third-order valence-electron chi connectivity index (χ3n) is 4.63.